The van der Waals surface area contributed by atoms with Crippen molar-refractivity contribution in [3.63, 3.8) is 0 Å². The third-order valence-electron chi connectivity index (χ3n) is 3.24. The Balaban J connectivity index is 2.41. The van der Waals surface area contributed by atoms with Gasteiger partial charge in [-0.15, -0.1) is 0 Å². The van der Waals surface area contributed by atoms with Crippen molar-refractivity contribution in [2.75, 3.05) is 26.5 Å². The molecule has 26 heavy (non-hydrogen) atoms. The van der Waals surface area contributed by atoms with Gasteiger partial charge < -0.3 is 19.4 Å². The number of hydrogen-bond acceptors (Lipinski definition) is 6. The Kier molecular flexibility index (Phi) is 6.19. The predicted octanol–water partition coefficient (Wildman–Crippen LogP) is 2.86. The largest absolute Gasteiger partial charge is 0.465 e. The maximum atomic E-state index is 12.3. The molecule has 0 fully saturated rings. The van der Waals surface area contributed by atoms with Crippen LogP contribution < -0.4 is 10.9 Å². The van der Waals surface area contributed by atoms with E-state index < -0.39 is 17.5 Å². The number of benzene rings is 1. The van der Waals surface area contributed by atoms with Crippen LogP contribution in [0.4, 0.5) is 5.69 Å². The maximum absolute atomic E-state index is 12.3. The third kappa shape index (κ3) is 4.73. The average molecular weight is 377 g/mol. The molecular weight excluding hydrogens is 360 g/mol. The fraction of sp³-hybridized carbons (Fsp3) is 0.167. The lowest BCUT2D eigenvalue weighted by atomic mass is 10.1. The van der Waals surface area contributed by atoms with Crippen LogP contribution in [-0.2, 0) is 4.74 Å². The van der Waals surface area contributed by atoms with Crippen LogP contribution >= 0.6 is 11.6 Å². The zero-order chi connectivity index (χ0) is 19.3. The first-order valence-electron chi connectivity index (χ1n) is 7.50. The van der Waals surface area contributed by atoms with Gasteiger partial charge >= 0.3 is 11.6 Å². The number of carbonyl (C=O) groups excluding carboxylic acids is 2. The van der Waals surface area contributed by atoms with Crippen LogP contribution in [0.2, 0.25) is 5.02 Å². The summed E-state index contributed by atoms with van der Waals surface area (Å²) in [6.45, 7) is 0. The molecule has 0 bridgehead atoms. The van der Waals surface area contributed by atoms with Crippen LogP contribution in [0.5, 0.6) is 0 Å². The molecule has 0 unspecified atom stereocenters. The molecule has 0 aliphatic rings. The van der Waals surface area contributed by atoms with Gasteiger partial charge in [-0.2, -0.15) is 0 Å². The van der Waals surface area contributed by atoms with Crippen LogP contribution in [0.25, 0.3) is 6.08 Å². The molecule has 0 radical (unpaired) electrons. The minimum absolute atomic E-state index is 0.00611. The summed E-state index contributed by atoms with van der Waals surface area (Å²) < 4.78 is 9.87. The number of nitrogens with zero attached hydrogens (tertiary/aromatic N) is 1. The highest BCUT2D eigenvalue weighted by Gasteiger charge is 2.18. The zero-order valence-electron chi connectivity index (χ0n) is 14.4. The Bertz CT molecular complexity index is 918. The van der Waals surface area contributed by atoms with E-state index in [9.17, 15) is 14.4 Å². The van der Waals surface area contributed by atoms with Gasteiger partial charge in [0, 0.05) is 30.9 Å². The Morgan fingerprint density at radius 1 is 1.27 bits per heavy atom. The van der Waals surface area contributed by atoms with E-state index in [1.165, 1.54) is 31.4 Å². The molecule has 1 heterocycles. The molecule has 136 valence electrons. The van der Waals surface area contributed by atoms with Gasteiger partial charge in [0.1, 0.15) is 17.0 Å². The minimum atomic E-state index is -0.800. The maximum Gasteiger partial charge on any atom is 0.360 e. The Labute approximate surface area is 154 Å². The summed E-state index contributed by atoms with van der Waals surface area (Å²) in [5.41, 5.74) is -0.719. The van der Waals surface area contributed by atoms with Gasteiger partial charge in [0.05, 0.1) is 7.11 Å². The van der Waals surface area contributed by atoms with E-state index in [4.69, 9.17) is 20.8 Å². The first-order chi connectivity index (χ1) is 12.3. The van der Waals surface area contributed by atoms with Crippen molar-refractivity contribution in [1.82, 2.24) is 4.90 Å². The van der Waals surface area contributed by atoms with Crippen molar-refractivity contribution in [1.29, 1.82) is 0 Å². The Hall–Kier alpha value is -3.06. The summed E-state index contributed by atoms with van der Waals surface area (Å²) in [4.78, 5) is 38.1. The number of methoxy groups -OCH3 is 1. The quantitative estimate of drug-likeness (QED) is 0.807. The third-order valence-corrected chi connectivity index (χ3v) is 3.48. The second kappa shape index (κ2) is 8.35. The number of rotatable bonds is 5. The number of nitrogens with one attached hydrogen (secondary N) is 1. The summed E-state index contributed by atoms with van der Waals surface area (Å²) in [5.74, 6) is -1.24. The molecule has 0 spiro atoms. The monoisotopic (exact) mass is 376 g/mol. The lowest BCUT2D eigenvalue weighted by Crippen LogP contribution is -2.20. The number of anilines is 1. The van der Waals surface area contributed by atoms with E-state index >= 15 is 0 Å². The lowest BCUT2D eigenvalue weighted by Gasteiger charge is -2.09. The summed E-state index contributed by atoms with van der Waals surface area (Å²) in [5, 5.41) is 2.80. The number of esters is 1. The predicted molar refractivity (Wildman–Crippen MR) is 98.4 cm³/mol. The fourth-order valence-electron chi connectivity index (χ4n) is 2.01. The Morgan fingerprint density at radius 2 is 2.00 bits per heavy atom. The SMILES string of the molecule is COC(=O)c1cc(NC(=O)c2cccc(Cl)c2)c(=O)oc1C=CN(C)C. The molecule has 1 amide bonds. The van der Waals surface area contributed by atoms with E-state index in [1.54, 1.807) is 37.3 Å². The highest BCUT2D eigenvalue weighted by atomic mass is 35.5. The lowest BCUT2D eigenvalue weighted by molar-refractivity contribution is 0.0597. The van der Waals surface area contributed by atoms with Crippen molar-refractivity contribution >= 4 is 35.2 Å². The second-order valence-electron chi connectivity index (χ2n) is 5.46. The van der Waals surface area contributed by atoms with Crippen molar-refractivity contribution in [2.45, 2.75) is 0 Å². The van der Waals surface area contributed by atoms with Crippen molar-refractivity contribution in [2.24, 2.45) is 0 Å². The normalized spacial score (nSPS) is 10.6. The molecule has 2 rings (SSSR count). The number of ether oxygens (including phenoxy) is 1. The van der Waals surface area contributed by atoms with E-state index in [0.29, 0.717) is 5.02 Å². The van der Waals surface area contributed by atoms with E-state index in [-0.39, 0.29) is 22.6 Å². The molecule has 2 aromatic rings. The van der Waals surface area contributed by atoms with Gasteiger partial charge in [-0.1, -0.05) is 17.7 Å². The smallest absolute Gasteiger partial charge is 0.360 e. The number of halogens is 1. The summed E-state index contributed by atoms with van der Waals surface area (Å²) in [6.07, 6.45) is 3.06. The van der Waals surface area contributed by atoms with Gasteiger partial charge in [-0.05, 0) is 30.3 Å². The molecule has 0 aliphatic heterocycles. The number of hydrogen-bond donors (Lipinski definition) is 1. The summed E-state index contributed by atoms with van der Waals surface area (Å²) >= 11 is 5.86. The summed E-state index contributed by atoms with van der Waals surface area (Å²) in [7, 11) is 4.75. The Morgan fingerprint density at radius 3 is 2.62 bits per heavy atom. The number of amides is 1. The molecule has 1 aromatic heterocycles. The molecule has 0 saturated carbocycles. The molecule has 1 aromatic carbocycles. The van der Waals surface area contributed by atoms with Gasteiger partial charge in [-0.25, -0.2) is 9.59 Å². The molecule has 0 saturated heterocycles. The van der Waals surface area contributed by atoms with Crippen molar-refractivity contribution in [3.05, 3.63) is 68.9 Å². The topological polar surface area (TPSA) is 88.8 Å². The molecule has 7 nitrogen and oxygen atoms in total. The van der Waals surface area contributed by atoms with Crippen molar-refractivity contribution < 1.29 is 18.7 Å². The standard InChI is InChI=1S/C18H17ClN2O5/c1-21(2)8-7-15-13(17(23)25-3)10-14(18(24)26-15)20-16(22)11-5-4-6-12(19)9-11/h4-10H,1-3H3,(H,20,22). The van der Waals surface area contributed by atoms with E-state index in [0.717, 1.165) is 0 Å². The van der Waals surface area contributed by atoms with Crippen LogP contribution in [0.1, 0.15) is 26.5 Å². The van der Waals surface area contributed by atoms with Gasteiger partial charge in [0.2, 0.25) is 0 Å². The van der Waals surface area contributed by atoms with Crippen LogP contribution in [0.15, 0.2) is 45.7 Å². The molecular formula is C18H17ClN2O5. The number of carbonyl (C=O) groups is 2. The molecule has 1 N–H and O–H groups in total. The molecule has 0 atom stereocenters. The van der Waals surface area contributed by atoms with Crippen LogP contribution in [-0.4, -0.2) is 38.0 Å². The summed E-state index contributed by atoms with van der Waals surface area (Å²) in [6, 6.07) is 7.43. The highest BCUT2D eigenvalue weighted by Crippen LogP contribution is 2.17. The van der Waals surface area contributed by atoms with Crippen molar-refractivity contribution in [3.8, 4) is 0 Å². The van der Waals surface area contributed by atoms with E-state index in [2.05, 4.69) is 5.32 Å². The fourth-order valence-corrected chi connectivity index (χ4v) is 2.20. The highest BCUT2D eigenvalue weighted by molar-refractivity contribution is 6.31. The second-order valence-corrected chi connectivity index (χ2v) is 5.90. The first-order valence-corrected chi connectivity index (χ1v) is 7.87. The van der Waals surface area contributed by atoms with Crippen LogP contribution in [0, 0.1) is 0 Å². The van der Waals surface area contributed by atoms with Gasteiger partial charge in [0.25, 0.3) is 5.91 Å². The average Bonchev–Trinajstić information content (AvgIpc) is 2.60. The molecule has 8 heteroatoms. The van der Waals surface area contributed by atoms with E-state index in [1.807, 2.05) is 0 Å². The molecule has 0 aliphatic carbocycles. The van der Waals surface area contributed by atoms with Gasteiger partial charge in [-0.3, -0.25) is 4.79 Å². The zero-order valence-corrected chi connectivity index (χ0v) is 15.2. The van der Waals surface area contributed by atoms with Gasteiger partial charge in [0.15, 0.2) is 0 Å². The first kappa shape index (κ1) is 19.3. The van der Waals surface area contributed by atoms with Crippen LogP contribution in [0.3, 0.4) is 0 Å². The minimum Gasteiger partial charge on any atom is -0.465 e.